The normalized spacial score (nSPS) is 11.0. The Morgan fingerprint density at radius 2 is 1.96 bits per heavy atom. The van der Waals surface area contributed by atoms with Gasteiger partial charge in [0.15, 0.2) is 0 Å². The van der Waals surface area contributed by atoms with E-state index in [4.69, 9.17) is 4.74 Å². The van der Waals surface area contributed by atoms with Crippen LogP contribution in [0.2, 0.25) is 0 Å². The molecule has 0 unspecified atom stereocenters. The molecular formula is C17H17BrN2O3. The van der Waals surface area contributed by atoms with E-state index >= 15 is 0 Å². The molecule has 23 heavy (non-hydrogen) atoms. The van der Waals surface area contributed by atoms with Crippen molar-refractivity contribution in [1.82, 2.24) is 5.43 Å². The highest BCUT2D eigenvalue weighted by Gasteiger charge is 2.13. The Morgan fingerprint density at radius 1 is 1.26 bits per heavy atom. The van der Waals surface area contributed by atoms with Crippen LogP contribution in [0.4, 0.5) is 0 Å². The van der Waals surface area contributed by atoms with Crippen molar-refractivity contribution in [1.29, 1.82) is 0 Å². The standard InChI is InChI=1S/C17H17BrN2O3/c1-11(2)23-16-8-5-13(18)9-15(16)17(22)20-19-10-12-3-6-14(21)7-4-12/h3-11,21H,1-2H3,(H,20,22)/b19-10+. The first kappa shape index (κ1) is 17.0. The minimum Gasteiger partial charge on any atom is -0.508 e. The number of hydrazone groups is 1. The quantitative estimate of drug-likeness (QED) is 0.617. The van der Waals surface area contributed by atoms with Crippen LogP contribution in [0.15, 0.2) is 52.0 Å². The summed E-state index contributed by atoms with van der Waals surface area (Å²) < 4.78 is 6.42. The second-order valence-corrected chi connectivity index (χ2v) is 6.01. The molecule has 0 radical (unpaired) electrons. The first-order valence-electron chi connectivity index (χ1n) is 7.04. The number of halogens is 1. The fraction of sp³-hybridized carbons (Fsp3) is 0.176. The molecular weight excluding hydrogens is 360 g/mol. The minimum atomic E-state index is -0.364. The third kappa shape index (κ3) is 5.10. The van der Waals surface area contributed by atoms with Crippen LogP contribution in [-0.4, -0.2) is 23.3 Å². The average molecular weight is 377 g/mol. The molecule has 2 rings (SSSR count). The molecule has 0 saturated carbocycles. The second kappa shape index (κ2) is 7.78. The van der Waals surface area contributed by atoms with Gasteiger partial charge >= 0.3 is 0 Å². The zero-order valence-corrected chi connectivity index (χ0v) is 14.4. The van der Waals surface area contributed by atoms with Gasteiger partial charge in [0.1, 0.15) is 11.5 Å². The first-order valence-corrected chi connectivity index (χ1v) is 7.83. The third-order valence-corrected chi connectivity index (χ3v) is 3.31. The van der Waals surface area contributed by atoms with Crippen LogP contribution in [0, 0.1) is 0 Å². The van der Waals surface area contributed by atoms with E-state index in [9.17, 15) is 9.90 Å². The Hall–Kier alpha value is -2.34. The molecule has 0 fully saturated rings. The lowest BCUT2D eigenvalue weighted by molar-refractivity contribution is 0.0949. The number of hydrogen-bond donors (Lipinski definition) is 2. The molecule has 0 aromatic heterocycles. The van der Waals surface area contributed by atoms with Gasteiger partial charge in [-0.25, -0.2) is 5.43 Å². The number of ether oxygens (including phenoxy) is 1. The van der Waals surface area contributed by atoms with E-state index in [0.717, 1.165) is 10.0 Å². The molecule has 1 amide bonds. The third-order valence-electron chi connectivity index (χ3n) is 2.82. The van der Waals surface area contributed by atoms with Gasteiger partial charge in [-0.05, 0) is 61.9 Å². The summed E-state index contributed by atoms with van der Waals surface area (Å²) in [6.07, 6.45) is 1.46. The van der Waals surface area contributed by atoms with E-state index in [1.54, 1.807) is 36.4 Å². The molecule has 120 valence electrons. The predicted octanol–water partition coefficient (Wildman–Crippen LogP) is 3.71. The lowest BCUT2D eigenvalue weighted by Crippen LogP contribution is -2.20. The number of phenolic OH excluding ortho intramolecular Hbond substituents is 1. The van der Waals surface area contributed by atoms with Crippen LogP contribution in [0.3, 0.4) is 0 Å². The zero-order valence-electron chi connectivity index (χ0n) is 12.8. The number of amides is 1. The van der Waals surface area contributed by atoms with E-state index in [0.29, 0.717) is 11.3 Å². The van der Waals surface area contributed by atoms with Gasteiger partial charge in [-0.1, -0.05) is 15.9 Å². The fourth-order valence-electron chi connectivity index (χ4n) is 1.82. The molecule has 2 N–H and O–H groups in total. The molecule has 0 aliphatic heterocycles. The topological polar surface area (TPSA) is 70.9 Å². The number of hydrogen-bond acceptors (Lipinski definition) is 4. The largest absolute Gasteiger partial charge is 0.508 e. The molecule has 6 heteroatoms. The highest BCUT2D eigenvalue weighted by Crippen LogP contribution is 2.24. The van der Waals surface area contributed by atoms with Crippen molar-refractivity contribution in [2.24, 2.45) is 5.10 Å². The summed E-state index contributed by atoms with van der Waals surface area (Å²) >= 11 is 3.34. The Morgan fingerprint density at radius 3 is 2.61 bits per heavy atom. The van der Waals surface area contributed by atoms with Gasteiger partial charge in [-0.2, -0.15) is 5.10 Å². The highest BCUT2D eigenvalue weighted by molar-refractivity contribution is 9.10. The molecule has 0 aliphatic rings. The Labute approximate surface area is 143 Å². The van der Waals surface area contributed by atoms with Gasteiger partial charge in [-0.3, -0.25) is 4.79 Å². The lowest BCUT2D eigenvalue weighted by atomic mass is 10.2. The summed E-state index contributed by atoms with van der Waals surface area (Å²) in [5.41, 5.74) is 3.63. The molecule has 0 aliphatic carbocycles. The second-order valence-electron chi connectivity index (χ2n) is 5.10. The van der Waals surface area contributed by atoms with Crippen molar-refractivity contribution in [2.75, 3.05) is 0 Å². The monoisotopic (exact) mass is 376 g/mol. The van der Waals surface area contributed by atoms with Crippen LogP contribution < -0.4 is 10.2 Å². The summed E-state index contributed by atoms with van der Waals surface area (Å²) in [5, 5.41) is 13.1. The van der Waals surface area contributed by atoms with Gasteiger partial charge in [0.05, 0.1) is 17.9 Å². The summed E-state index contributed by atoms with van der Waals surface area (Å²) in [4.78, 5) is 12.3. The molecule has 0 heterocycles. The number of carbonyl (C=O) groups is 1. The van der Waals surface area contributed by atoms with Gasteiger partial charge in [0.2, 0.25) is 0 Å². The number of rotatable bonds is 5. The smallest absolute Gasteiger partial charge is 0.275 e. The Balaban J connectivity index is 2.10. The van der Waals surface area contributed by atoms with E-state index in [-0.39, 0.29) is 17.8 Å². The van der Waals surface area contributed by atoms with Crippen molar-refractivity contribution in [3.63, 3.8) is 0 Å². The summed E-state index contributed by atoms with van der Waals surface area (Å²) in [6, 6.07) is 11.7. The Bertz CT molecular complexity index is 712. The van der Waals surface area contributed by atoms with Crippen LogP contribution in [0.25, 0.3) is 0 Å². The number of nitrogens with one attached hydrogen (secondary N) is 1. The van der Waals surface area contributed by atoms with Crippen LogP contribution >= 0.6 is 15.9 Å². The zero-order chi connectivity index (χ0) is 16.8. The summed E-state index contributed by atoms with van der Waals surface area (Å²) in [7, 11) is 0. The number of benzene rings is 2. The van der Waals surface area contributed by atoms with Gasteiger partial charge in [-0.15, -0.1) is 0 Å². The number of carbonyl (C=O) groups excluding carboxylic acids is 1. The van der Waals surface area contributed by atoms with E-state index < -0.39 is 0 Å². The molecule has 2 aromatic rings. The minimum absolute atomic E-state index is 0.0387. The SMILES string of the molecule is CC(C)Oc1ccc(Br)cc1C(=O)N/N=C/c1ccc(O)cc1. The molecule has 5 nitrogen and oxygen atoms in total. The number of aromatic hydroxyl groups is 1. The first-order chi connectivity index (χ1) is 11.0. The summed E-state index contributed by atoms with van der Waals surface area (Å²) in [5.74, 6) is 0.313. The van der Waals surface area contributed by atoms with Crippen molar-refractivity contribution >= 4 is 28.1 Å². The average Bonchev–Trinajstić information content (AvgIpc) is 2.50. The molecule has 0 saturated heterocycles. The van der Waals surface area contributed by atoms with Crippen molar-refractivity contribution < 1.29 is 14.6 Å². The maximum absolute atomic E-state index is 12.3. The Kier molecular flexibility index (Phi) is 5.76. The molecule has 2 aromatic carbocycles. The number of nitrogens with zero attached hydrogens (tertiary/aromatic N) is 1. The van der Waals surface area contributed by atoms with Gasteiger partial charge in [0, 0.05) is 4.47 Å². The highest BCUT2D eigenvalue weighted by atomic mass is 79.9. The number of phenols is 1. The maximum atomic E-state index is 12.3. The van der Waals surface area contributed by atoms with Crippen molar-refractivity contribution in [2.45, 2.75) is 20.0 Å². The fourth-order valence-corrected chi connectivity index (χ4v) is 2.18. The van der Waals surface area contributed by atoms with E-state index in [1.807, 2.05) is 19.9 Å². The summed E-state index contributed by atoms with van der Waals surface area (Å²) in [6.45, 7) is 3.79. The van der Waals surface area contributed by atoms with Gasteiger partial charge in [0.25, 0.3) is 5.91 Å². The van der Waals surface area contributed by atoms with Crippen LogP contribution in [-0.2, 0) is 0 Å². The molecule has 0 spiro atoms. The molecule has 0 bridgehead atoms. The van der Waals surface area contributed by atoms with E-state index in [2.05, 4.69) is 26.5 Å². The maximum Gasteiger partial charge on any atom is 0.275 e. The van der Waals surface area contributed by atoms with Crippen molar-refractivity contribution in [3.8, 4) is 11.5 Å². The van der Waals surface area contributed by atoms with Crippen LogP contribution in [0.5, 0.6) is 11.5 Å². The van der Waals surface area contributed by atoms with E-state index in [1.165, 1.54) is 6.21 Å². The lowest BCUT2D eigenvalue weighted by Gasteiger charge is -2.13. The predicted molar refractivity (Wildman–Crippen MR) is 93.1 cm³/mol. The van der Waals surface area contributed by atoms with Crippen LogP contribution in [0.1, 0.15) is 29.8 Å². The van der Waals surface area contributed by atoms with Gasteiger partial charge < -0.3 is 9.84 Å². The van der Waals surface area contributed by atoms with Crippen molar-refractivity contribution in [3.05, 3.63) is 58.1 Å². The molecule has 0 atom stereocenters.